The zero-order chi connectivity index (χ0) is 17.1. The summed E-state index contributed by atoms with van der Waals surface area (Å²) in [6.07, 6.45) is 3.72. The minimum Gasteiger partial charge on any atom is -0.347 e. The lowest BCUT2D eigenvalue weighted by atomic mass is 9.68. The van der Waals surface area contributed by atoms with Crippen LogP contribution in [0.1, 0.15) is 28.1 Å². The van der Waals surface area contributed by atoms with Crippen LogP contribution in [0.3, 0.4) is 0 Å². The molecule has 1 heterocycles. The molecule has 0 atom stereocenters. The van der Waals surface area contributed by atoms with Crippen LogP contribution in [0.2, 0.25) is 0 Å². The first kappa shape index (κ1) is 15.4. The van der Waals surface area contributed by atoms with Gasteiger partial charge in [-0.1, -0.05) is 90.5 Å². The van der Waals surface area contributed by atoms with Crippen LogP contribution < -0.4 is 0 Å². The summed E-state index contributed by atoms with van der Waals surface area (Å²) in [5.74, 6) is 0.925. The molecule has 0 radical (unpaired) electrons. The first-order chi connectivity index (χ1) is 12.3. The Morgan fingerprint density at radius 3 is 1.68 bits per heavy atom. The van der Waals surface area contributed by atoms with Crippen molar-refractivity contribution in [2.45, 2.75) is 12.3 Å². The highest BCUT2D eigenvalue weighted by atomic mass is 14.9. The molecule has 2 nitrogen and oxygen atoms in total. The summed E-state index contributed by atoms with van der Waals surface area (Å²) in [6.45, 7) is 2.11. The van der Waals surface area contributed by atoms with Crippen molar-refractivity contribution >= 4 is 0 Å². The van der Waals surface area contributed by atoms with Gasteiger partial charge in [0.1, 0.15) is 11.2 Å². The van der Waals surface area contributed by atoms with Crippen molar-refractivity contribution in [2.24, 2.45) is 0 Å². The summed E-state index contributed by atoms with van der Waals surface area (Å²) in [4.78, 5) is 8.06. The molecule has 0 fully saturated rings. The van der Waals surface area contributed by atoms with Crippen molar-refractivity contribution in [3.8, 4) is 0 Å². The normalized spacial score (nSPS) is 11.4. The largest absolute Gasteiger partial charge is 0.347 e. The number of aryl methyl sites for hydroxylation is 1. The second-order valence-electron chi connectivity index (χ2n) is 6.29. The van der Waals surface area contributed by atoms with Crippen LogP contribution in [-0.2, 0) is 5.41 Å². The Labute approximate surface area is 148 Å². The molecule has 25 heavy (non-hydrogen) atoms. The summed E-state index contributed by atoms with van der Waals surface area (Å²) in [6, 6.07) is 29.9. The van der Waals surface area contributed by atoms with E-state index < -0.39 is 5.41 Å². The monoisotopic (exact) mass is 324 g/mol. The first-order valence-corrected chi connectivity index (χ1v) is 8.50. The van der Waals surface area contributed by atoms with E-state index in [1.54, 1.807) is 0 Å². The standard InChI is InChI=1S/C23H20N2/c1-18-12-14-21(15-13-18)23(22-24-16-17-25-22,19-8-4-2-5-9-19)20-10-6-3-7-11-20/h2-17H,1H3,(H,24,25). The van der Waals surface area contributed by atoms with Gasteiger partial charge in [0.25, 0.3) is 0 Å². The van der Waals surface area contributed by atoms with E-state index in [0.717, 1.165) is 5.82 Å². The van der Waals surface area contributed by atoms with Crippen molar-refractivity contribution in [1.29, 1.82) is 0 Å². The van der Waals surface area contributed by atoms with Crippen molar-refractivity contribution in [3.63, 3.8) is 0 Å². The van der Waals surface area contributed by atoms with Gasteiger partial charge in [-0.15, -0.1) is 0 Å². The Kier molecular flexibility index (Phi) is 3.95. The zero-order valence-electron chi connectivity index (χ0n) is 14.2. The number of rotatable bonds is 4. The third-order valence-corrected chi connectivity index (χ3v) is 4.75. The Balaban J connectivity index is 2.11. The molecule has 1 aromatic heterocycles. The second kappa shape index (κ2) is 6.40. The maximum Gasteiger partial charge on any atom is 0.125 e. The zero-order valence-corrected chi connectivity index (χ0v) is 14.2. The average molecular weight is 324 g/mol. The van der Waals surface area contributed by atoms with Crippen LogP contribution in [0.4, 0.5) is 0 Å². The molecule has 0 aliphatic carbocycles. The summed E-state index contributed by atoms with van der Waals surface area (Å²) in [5, 5.41) is 0. The fourth-order valence-corrected chi connectivity index (χ4v) is 3.56. The molecule has 1 N–H and O–H groups in total. The molecule has 0 aliphatic rings. The van der Waals surface area contributed by atoms with E-state index in [-0.39, 0.29) is 0 Å². The highest BCUT2D eigenvalue weighted by Crippen LogP contribution is 2.43. The number of hydrogen-bond donors (Lipinski definition) is 1. The van der Waals surface area contributed by atoms with E-state index in [1.807, 2.05) is 12.4 Å². The van der Waals surface area contributed by atoms with Crippen molar-refractivity contribution < 1.29 is 0 Å². The highest BCUT2D eigenvalue weighted by molar-refractivity contribution is 5.56. The molecule has 0 saturated heterocycles. The molecule has 0 bridgehead atoms. The van der Waals surface area contributed by atoms with Gasteiger partial charge in [-0.25, -0.2) is 4.98 Å². The van der Waals surface area contributed by atoms with E-state index in [9.17, 15) is 0 Å². The molecular formula is C23H20N2. The van der Waals surface area contributed by atoms with Crippen LogP contribution in [0.25, 0.3) is 0 Å². The van der Waals surface area contributed by atoms with Gasteiger partial charge in [-0.05, 0) is 23.6 Å². The molecule has 3 aromatic carbocycles. The molecule has 0 amide bonds. The summed E-state index contributed by atoms with van der Waals surface area (Å²) < 4.78 is 0. The smallest absolute Gasteiger partial charge is 0.125 e. The number of aromatic nitrogens is 2. The lowest BCUT2D eigenvalue weighted by Gasteiger charge is -2.34. The molecule has 122 valence electrons. The maximum atomic E-state index is 4.68. The minimum absolute atomic E-state index is 0.473. The van der Waals surface area contributed by atoms with Crippen LogP contribution >= 0.6 is 0 Å². The number of aromatic amines is 1. The van der Waals surface area contributed by atoms with Gasteiger partial charge in [-0.2, -0.15) is 0 Å². The molecule has 0 aliphatic heterocycles. The average Bonchev–Trinajstić information content (AvgIpc) is 3.21. The summed E-state index contributed by atoms with van der Waals surface area (Å²) >= 11 is 0. The molecule has 4 rings (SSSR count). The number of nitrogens with one attached hydrogen (secondary N) is 1. The topological polar surface area (TPSA) is 28.7 Å². The number of hydrogen-bond acceptors (Lipinski definition) is 1. The quantitative estimate of drug-likeness (QED) is 0.520. The summed E-state index contributed by atoms with van der Waals surface area (Å²) in [5.41, 5.74) is 4.36. The van der Waals surface area contributed by atoms with Crippen LogP contribution in [0.15, 0.2) is 97.3 Å². The fraction of sp³-hybridized carbons (Fsp3) is 0.0870. The van der Waals surface area contributed by atoms with Crippen molar-refractivity contribution in [3.05, 3.63) is 125 Å². The van der Waals surface area contributed by atoms with E-state index in [2.05, 4.69) is 102 Å². The van der Waals surface area contributed by atoms with E-state index in [1.165, 1.54) is 22.3 Å². The van der Waals surface area contributed by atoms with Crippen LogP contribution in [0, 0.1) is 6.92 Å². The van der Waals surface area contributed by atoms with Gasteiger partial charge in [-0.3, -0.25) is 0 Å². The fourth-order valence-electron chi connectivity index (χ4n) is 3.56. The van der Waals surface area contributed by atoms with E-state index in [0.29, 0.717) is 0 Å². The van der Waals surface area contributed by atoms with Crippen LogP contribution in [0.5, 0.6) is 0 Å². The van der Waals surface area contributed by atoms with E-state index in [4.69, 9.17) is 0 Å². The van der Waals surface area contributed by atoms with Gasteiger partial charge >= 0.3 is 0 Å². The van der Waals surface area contributed by atoms with Crippen LogP contribution in [-0.4, -0.2) is 9.97 Å². The maximum absolute atomic E-state index is 4.68. The first-order valence-electron chi connectivity index (χ1n) is 8.50. The molecular weight excluding hydrogens is 304 g/mol. The second-order valence-corrected chi connectivity index (χ2v) is 6.29. The SMILES string of the molecule is Cc1ccc(C(c2ccccc2)(c2ccccc2)c2ncc[nH]2)cc1. The van der Waals surface area contributed by atoms with Gasteiger partial charge in [0.2, 0.25) is 0 Å². The lowest BCUT2D eigenvalue weighted by Crippen LogP contribution is -2.32. The van der Waals surface area contributed by atoms with Gasteiger partial charge in [0, 0.05) is 12.4 Å². The lowest BCUT2D eigenvalue weighted by molar-refractivity contribution is 0.692. The van der Waals surface area contributed by atoms with Gasteiger partial charge in [0.15, 0.2) is 0 Å². The highest BCUT2D eigenvalue weighted by Gasteiger charge is 2.40. The molecule has 0 spiro atoms. The van der Waals surface area contributed by atoms with Crippen molar-refractivity contribution in [2.75, 3.05) is 0 Å². The number of H-pyrrole nitrogens is 1. The third kappa shape index (κ3) is 2.56. The number of imidazole rings is 1. The predicted octanol–water partition coefficient (Wildman–Crippen LogP) is 5.10. The Morgan fingerprint density at radius 2 is 1.20 bits per heavy atom. The van der Waals surface area contributed by atoms with E-state index >= 15 is 0 Å². The molecule has 0 unspecified atom stereocenters. The number of nitrogens with zero attached hydrogens (tertiary/aromatic N) is 1. The molecule has 4 aromatic rings. The van der Waals surface area contributed by atoms with Crippen molar-refractivity contribution in [1.82, 2.24) is 9.97 Å². The molecule has 2 heteroatoms. The Morgan fingerprint density at radius 1 is 0.680 bits per heavy atom. The Hall–Kier alpha value is -3.13. The molecule has 0 saturated carbocycles. The van der Waals surface area contributed by atoms with Gasteiger partial charge in [0.05, 0.1) is 0 Å². The summed E-state index contributed by atoms with van der Waals surface area (Å²) in [7, 11) is 0. The Bertz CT molecular complexity index is 885. The third-order valence-electron chi connectivity index (χ3n) is 4.75. The van der Waals surface area contributed by atoms with Gasteiger partial charge < -0.3 is 4.98 Å². The number of benzene rings is 3. The minimum atomic E-state index is -0.473. The predicted molar refractivity (Wildman–Crippen MR) is 102 cm³/mol.